The second-order valence-corrected chi connectivity index (χ2v) is 4.19. The van der Waals surface area contributed by atoms with Gasteiger partial charge in [0.15, 0.2) is 6.04 Å². The minimum atomic E-state index is -1.30. The molecule has 1 heterocycles. The zero-order chi connectivity index (χ0) is 12.4. The van der Waals surface area contributed by atoms with Crippen molar-refractivity contribution in [1.82, 2.24) is 10.2 Å². The fraction of sp³-hybridized carbons (Fsp3) is 0.100. The van der Waals surface area contributed by atoms with Crippen LogP contribution in [-0.4, -0.2) is 21.3 Å². The van der Waals surface area contributed by atoms with Crippen LogP contribution in [0.4, 0.5) is 0 Å². The fourth-order valence-corrected chi connectivity index (χ4v) is 1.60. The van der Waals surface area contributed by atoms with Crippen LogP contribution in [0.2, 0.25) is 0 Å². The third kappa shape index (κ3) is 2.51. The van der Waals surface area contributed by atoms with Gasteiger partial charge in [0.05, 0.1) is 0 Å². The number of carboxylic acids is 1. The van der Waals surface area contributed by atoms with Crippen molar-refractivity contribution in [3.63, 3.8) is 0 Å². The number of carboxylic acid groups (broad SMARTS) is 1. The summed E-state index contributed by atoms with van der Waals surface area (Å²) in [6.45, 7) is 0. The van der Waals surface area contributed by atoms with Crippen LogP contribution in [0, 0.1) is 0 Å². The largest absolute Gasteiger partial charge is 0.480 e. The molecular formula is C10H8BrN3O3. The number of nitrogens with two attached hydrogens (primary N) is 1. The van der Waals surface area contributed by atoms with E-state index >= 15 is 0 Å². The lowest BCUT2D eigenvalue weighted by Crippen LogP contribution is -2.20. The minimum absolute atomic E-state index is 0.118. The Hall–Kier alpha value is -1.73. The minimum Gasteiger partial charge on any atom is -0.480 e. The summed E-state index contributed by atoms with van der Waals surface area (Å²) in [7, 11) is 0. The molecule has 2 aromatic rings. The molecule has 0 amide bonds. The van der Waals surface area contributed by atoms with E-state index in [1.165, 1.54) is 0 Å². The van der Waals surface area contributed by atoms with Crippen molar-refractivity contribution >= 4 is 21.9 Å². The number of benzene rings is 1. The van der Waals surface area contributed by atoms with Crippen LogP contribution in [0.3, 0.4) is 0 Å². The molecule has 0 aliphatic carbocycles. The Kier molecular flexibility index (Phi) is 3.21. The predicted octanol–water partition coefficient (Wildman–Crippen LogP) is 1.58. The summed E-state index contributed by atoms with van der Waals surface area (Å²) in [5.41, 5.74) is 6.04. The number of rotatable bonds is 3. The average molecular weight is 298 g/mol. The lowest BCUT2D eigenvalue weighted by Gasteiger charge is -1.98. The van der Waals surface area contributed by atoms with E-state index in [0.29, 0.717) is 5.56 Å². The van der Waals surface area contributed by atoms with Crippen LogP contribution in [0.1, 0.15) is 11.9 Å². The number of hydrogen-bond acceptors (Lipinski definition) is 5. The highest BCUT2D eigenvalue weighted by atomic mass is 79.9. The molecule has 3 N–H and O–H groups in total. The van der Waals surface area contributed by atoms with Crippen LogP contribution in [-0.2, 0) is 4.79 Å². The van der Waals surface area contributed by atoms with E-state index in [1.54, 1.807) is 18.2 Å². The molecule has 1 atom stereocenters. The summed E-state index contributed by atoms with van der Waals surface area (Å²) >= 11 is 3.31. The zero-order valence-corrected chi connectivity index (χ0v) is 10.1. The fourth-order valence-electron chi connectivity index (χ4n) is 1.20. The highest BCUT2D eigenvalue weighted by Crippen LogP contribution is 2.22. The molecule has 1 aromatic heterocycles. The molecule has 1 unspecified atom stereocenters. The van der Waals surface area contributed by atoms with Gasteiger partial charge < -0.3 is 15.3 Å². The topological polar surface area (TPSA) is 102 Å². The van der Waals surface area contributed by atoms with Gasteiger partial charge in [0.25, 0.3) is 0 Å². The highest BCUT2D eigenvalue weighted by molar-refractivity contribution is 9.10. The van der Waals surface area contributed by atoms with Gasteiger partial charge in [-0.15, -0.1) is 10.2 Å². The van der Waals surface area contributed by atoms with E-state index in [-0.39, 0.29) is 11.8 Å². The van der Waals surface area contributed by atoms with Crippen molar-refractivity contribution in [2.45, 2.75) is 6.04 Å². The first-order chi connectivity index (χ1) is 8.08. The normalized spacial score (nSPS) is 12.4. The second kappa shape index (κ2) is 4.64. The molecule has 0 aliphatic heterocycles. The van der Waals surface area contributed by atoms with Gasteiger partial charge in [-0.2, -0.15) is 0 Å². The standard InChI is InChI=1S/C10H8BrN3O3/c11-6-3-1-2-5(4-6)8-13-14-9(17-8)7(12)10(15)16/h1-4,7H,12H2,(H,15,16). The predicted molar refractivity (Wildman–Crippen MR) is 62.0 cm³/mol. The third-order valence-corrected chi connectivity index (χ3v) is 2.54. The Morgan fingerprint density at radius 1 is 1.47 bits per heavy atom. The van der Waals surface area contributed by atoms with Gasteiger partial charge in [0.1, 0.15) is 0 Å². The summed E-state index contributed by atoms with van der Waals surface area (Å²) in [6, 6.07) is 5.91. The lowest BCUT2D eigenvalue weighted by atomic mass is 10.2. The van der Waals surface area contributed by atoms with Crippen molar-refractivity contribution in [3.05, 3.63) is 34.6 Å². The van der Waals surface area contributed by atoms with Crippen LogP contribution in [0.15, 0.2) is 33.2 Å². The first kappa shape index (κ1) is 11.7. The SMILES string of the molecule is NC(C(=O)O)c1nnc(-c2cccc(Br)c2)o1. The quantitative estimate of drug-likeness (QED) is 0.892. The first-order valence-electron chi connectivity index (χ1n) is 4.65. The number of halogens is 1. The van der Waals surface area contributed by atoms with Gasteiger partial charge >= 0.3 is 5.97 Å². The maximum Gasteiger partial charge on any atom is 0.330 e. The first-order valence-corrected chi connectivity index (χ1v) is 5.45. The molecule has 0 bridgehead atoms. The number of nitrogens with zero attached hydrogens (tertiary/aromatic N) is 2. The number of aromatic nitrogens is 2. The summed E-state index contributed by atoms with van der Waals surface area (Å²) in [6.07, 6.45) is 0. The molecule has 6 nitrogen and oxygen atoms in total. The highest BCUT2D eigenvalue weighted by Gasteiger charge is 2.21. The Balaban J connectivity index is 2.33. The van der Waals surface area contributed by atoms with Gasteiger partial charge in [0, 0.05) is 10.0 Å². The van der Waals surface area contributed by atoms with Crippen molar-refractivity contribution in [2.24, 2.45) is 5.73 Å². The molecule has 17 heavy (non-hydrogen) atoms. The van der Waals surface area contributed by atoms with Gasteiger partial charge in [0.2, 0.25) is 11.8 Å². The van der Waals surface area contributed by atoms with Crippen molar-refractivity contribution in [2.75, 3.05) is 0 Å². The van der Waals surface area contributed by atoms with Crippen molar-refractivity contribution in [1.29, 1.82) is 0 Å². The lowest BCUT2D eigenvalue weighted by molar-refractivity contribution is -0.139. The van der Waals surface area contributed by atoms with Gasteiger partial charge in [-0.1, -0.05) is 22.0 Å². The van der Waals surface area contributed by atoms with Crippen LogP contribution in [0.25, 0.3) is 11.5 Å². The van der Waals surface area contributed by atoms with Crippen LogP contribution >= 0.6 is 15.9 Å². The molecule has 0 radical (unpaired) electrons. The van der Waals surface area contributed by atoms with Crippen LogP contribution < -0.4 is 5.73 Å². The van der Waals surface area contributed by atoms with Gasteiger partial charge in [-0.3, -0.25) is 0 Å². The molecule has 88 valence electrons. The van der Waals surface area contributed by atoms with Gasteiger partial charge in [-0.25, -0.2) is 4.79 Å². The summed E-state index contributed by atoms with van der Waals surface area (Å²) in [5.74, 6) is -1.10. The van der Waals surface area contributed by atoms with E-state index in [0.717, 1.165) is 4.47 Å². The summed E-state index contributed by atoms with van der Waals surface area (Å²) < 4.78 is 6.06. The Labute approximate surface area is 105 Å². The van der Waals surface area contributed by atoms with E-state index in [2.05, 4.69) is 26.1 Å². The van der Waals surface area contributed by atoms with Crippen molar-refractivity contribution in [3.8, 4) is 11.5 Å². The molecule has 0 saturated heterocycles. The number of carbonyl (C=O) groups is 1. The second-order valence-electron chi connectivity index (χ2n) is 3.27. The average Bonchev–Trinajstić information content (AvgIpc) is 2.77. The number of aliphatic carboxylic acids is 1. The Morgan fingerprint density at radius 3 is 2.88 bits per heavy atom. The monoisotopic (exact) mass is 297 g/mol. The maximum atomic E-state index is 10.6. The Morgan fingerprint density at radius 2 is 2.24 bits per heavy atom. The summed E-state index contributed by atoms with van der Waals surface area (Å²) in [4.78, 5) is 10.6. The molecule has 7 heteroatoms. The molecule has 0 aliphatic rings. The molecule has 0 fully saturated rings. The maximum absolute atomic E-state index is 10.6. The Bertz CT molecular complexity index is 555. The molecule has 0 saturated carbocycles. The smallest absolute Gasteiger partial charge is 0.330 e. The number of hydrogen-bond donors (Lipinski definition) is 2. The van der Waals surface area contributed by atoms with E-state index in [1.807, 2.05) is 6.07 Å². The molecule has 2 rings (SSSR count). The van der Waals surface area contributed by atoms with E-state index < -0.39 is 12.0 Å². The third-order valence-electron chi connectivity index (χ3n) is 2.04. The van der Waals surface area contributed by atoms with Gasteiger partial charge in [-0.05, 0) is 18.2 Å². The van der Waals surface area contributed by atoms with Crippen LogP contribution in [0.5, 0.6) is 0 Å². The van der Waals surface area contributed by atoms with Crippen molar-refractivity contribution < 1.29 is 14.3 Å². The zero-order valence-electron chi connectivity index (χ0n) is 8.50. The van der Waals surface area contributed by atoms with E-state index in [4.69, 9.17) is 15.3 Å². The van der Waals surface area contributed by atoms with E-state index in [9.17, 15) is 4.79 Å². The summed E-state index contributed by atoms with van der Waals surface area (Å²) in [5, 5.41) is 16.1. The molecule has 0 spiro atoms. The molecule has 1 aromatic carbocycles. The molecular weight excluding hydrogens is 290 g/mol.